The van der Waals surface area contributed by atoms with E-state index in [2.05, 4.69) is 56.0 Å². The quantitative estimate of drug-likeness (QED) is 0.847. The molecule has 3 heteroatoms. The van der Waals surface area contributed by atoms with E-state index >= 15 is 0 Å². The number of aliphatic hydroxyl groups is 1. The van der Waals surface area contributed by atoms with Crippen molar-refractivity contribution in [1.29, 1.82) is 0 Å². The molecular weight excluding hydrogens is 284 g/mol. The van der Waals surface area contributed by atoms with E-state index in [1.807, 2.05) is 0 Å². The number of aliphatic hydroxyl groups excluding tert-OH is 1. The van der Waals surface area contributed by atoms with Crippen molar-refractivity contribution in [3.8, 4) is 0 Å². The highest BCUT2D eigenvalue weighted by molar-refractivity contribution is 5.89. The Morgan fingerprint density at radius 2 is 2.09 bits per heavy atom. The molecule has 1 saturated heterocycles. The van der Waals surface area contributed by atoms with Gasteiger partial charge in [0, 0.05) is 42.2 Å². The predicted octanol–water partition coefficient (Wildman–Crippen LogP) is 3.42. The number of H-pyrrole nitrogens is 1. The molecule has 4 rings (SSSR count). The number of fused-ring (bicyclic) bond motifs is 2. The normalized spacial score (nSPS) is 28.1. The lowest BCUT2D eigenvalue weighted by atomic mass is 9.71. The summed E-state index contributed by atoms with van der Waals surface area (Å²) in [5, 5.41) is 11.1. The van der Waals surface area contributed by atoms with Crippen LogP contribution in [-0.4, -0.2) is 41.2 Å². The summed E-state index contributed by atoms with van der Waals surface area (Å²) in [4.78, 5) is 5.99. The Morgan fingerprint density at radius 1 is 1.30 bits per heavy atom. The van der Waals surface area contributed by atoms with Gasteiger partial charge < -0.3 is 15.0 Å². The van der Waals surface area contributed by atoms with Crippen LogP contribution in [0.15, 0.2) is 18.3 Å². The van der Waals surface area contributed by atoms with Crippen molar-refractivity contribution >= 4 is 10.9 Å². The molecule has 1 aliphatic heterocycles. The predicted molar refractivity (Wildman–Crippen MR) is 95.1 cm³/mol. The van der Waals surface area contributed by atoms with Gasteiger partial charge in [0.25, 0.3) is 0 Å². The molecule has 2 aromatic rings. The Kier molecular flexibility index (Phi) is 3.37. The lowest BCUT2D eigenvalue weighted by molar-refractivity contribution is 0.0771. The zero-order valence-electron chi connectivity index (χ0n) is 14.7. The molecule has 0 amide bonds. The van der Waals surface area contributed by atoms with Gasteiger partial charge in [-0.15, -0.1) is 0 Å². The molecule has 2 heterocycles. The highest BCUT2D eigenvalue weighted by Gasteiger charge is 2.39. The van der Waals surface area contributed by atoms with Crippen LogP contribution in [0.5, 0.6) is 0 Å². The van der Waals surface area contributed by atoms with Crippen molar-refractivity contribution in [1.82, 2.24) is 9.88 Å². The number of aromatic nitrogens is 1. The maximum Gasteiger partial charge on any atom is 0.0471 e. The summed E-state index contributed by atoms with van der Waals surface area (Å²) in [7, 11) is 2.22. The third-order valence-electron chi connectivity index (χ3n) is 6.01. The smallest absolute Gasteiger partial charge is 0.0471 e. The molecule has 0 bridgehead atoms. The summed E-state index contributed by atoms with van der Waals surface area (Å²) in [5.74, 6) is 0.939. The first-order valence-electron chi connectivity index (χ1n) is 8.84. The van der Waals surface area contributed by atoms with Crippen LogP contribution in [0.3, 0.4) is 0 Å². The zero-order valence-corrected chi connectivity index (χ0v) is 14.7. The molecule has 1 fully saturated rings. The molecule has 3 nitrogen and oxygen atoms in total. The average Bonchev–Trinajstić information content (AvgIpc) is 2.91. The number of piperidine rings is 1. The van der Waals surface area contributed by atoms with Crippen LogP contribution in [0.25, 0.3) is 10.9 Å². The number of benzene rings is 1. The molecule has 1 aromatic heterocycles. The van der Waals surface area contributed by atoms with Gasteiger partial charge in [0.05, 0.1) is 0 Å². The first-order valence-corrected chi connectivity index (χ1v) is 8.84. The fourth-order valence-corrected chi connectivity index (χ4v) is 4.69. The zero-order chi connectivity index (χ0) is 16.4. The van der Waals surface area contributed by atoms with Crippen LogP contribution >= 0.6 is 0 Å². The SMILES string of the molecule is CN1C[C@H](CO)C[C@@H]2c3cc(C(C)(C)C)cc4[nH]cc(c34)C[C@H]21. The van der Waals surface area contributed by atoms with Gasteiger partial charge in [0.2, 0.25) is 0 Å². The molecule has 0 spiro atoms. The first-order chi connectivity index (χ1) is 10.9. The van der Waals surface area contributed by atoms with E-state index in [4.69, 9.17) is 0 Å². The number of likely N-dealkylation sites (N-methyl/N-ethyl adjacent to an activating group) is 1. The van der Waals surface area contributed by atoms with Crippen molar-refractivity contribution in [3.63, 3.8) is 0 Å². The number of likely N-dealkylation sites (tertiary alicyclic amines) is 1. The summed E-state index contributed by atoms with van der Waals surface area (Å²) >= 11 is 0. The second kappa shape index (κ2) is 5.09. The van der Waals surface area contributed by atoms with Crippen molar-refractivity contribution < 1.29 is 5.11 Å². The number of aromatic amines is 1. The third kappa shape index (κ3) is 2.33. The number of nitrogens with zero attached hydrogens (tertiary/aromatic N) is 1. The Morgan fingerprint density at radius 3 is 2.78 bits per heavy atom. The minimum Gasteiger partial charge on any atom is -0.396 e. The van der Waals surface area contributed by atoms with Gasteiger partial charge in [-0.25, -0.2) is 0 Å². The van der Waals surface area contributed by atoms with Gasteiger partial charge in [-0.3, -0.25) is 0 Å². The van der Waals surface area contributed by atoms with Gasteiger partial charge in [-0.05, 0) is 54.0 Å². The molecule has 0 unspecified atom stereocenters. The third-order valence-corrected chi connectivity index (χ3v) is 6.01. The van der Waals surface area contributed by atoms with Gasteiger partial charge in [-0.1, -0.05) is 26.8 Å². The van der Waals surface area contributed by atoms with Crippen molar-refractivity contribution in [2.75, 3.05) is 20.2 Å². The van der Waals surface area contributed by atoms with Crippen molar-refractivity contribution in [2.45, 2.75) is 51.0 Å². The molecule has 0 saturated carbocycles. The molecule has 1 aliphatic carbocycles. The first kappa shape index (κ1) is 15.2. The fraction of sp³-hybridized carbons (Fsp3) is 0.600. The number of hydrogen-bond acceptors (Lipinski definition) is 2. The number of rotatable bonds is 1. The van der Waals surface area contributed by atoms with Gasteiger partial charge in [-0.2, -0.15) is 0 Å². The Bertz CT molecular complexity index is 740. The standard InChI is InChI=1S/C20H28N2O/c1-20(2,3)14-7-16-15-5-12(11-23)10-22(4)18(15)6-13-9-21-17(8-14)19(13)16/h7-9,12,15,18,21,23H,5-6,10-11H2,1-4H3/t12-,15-,18-/m1/s1. The van der Waals surface area contributed by atoms with Crippen LogP contribution in [0.2, 0.25) is 0 Å². The van der Waals surface area contributed by atoms with E-state index in [0.29, 0.717) is 24.5 Å². The molecule has 3 atom stereocenters. The minimum atomic E-state index is 0.153. The van der Waals surface area contributed by atoms with E-state index in [-0.39, 0.29) is 5.41 Å². The van der Waals surface area contributed by atoms with Crippen LogP contribution in [0.1, 0.15) is 49.8 Å². The minimum absolute atomic E-state index is 0.153. The Labute approximate surface area is 138 Å². The number of nitrogens with one attached hydrogen (secondary N) is 1. The molecule has 2 aliphatic rings. The second-order valence-corrected chi connectivity index (χ2v) is 8.65. The van der Waals surface area contributed by atoms with Crippen LogP contribution in [-0.2, 0) is 11.8 Å². The summed E-state index contributed by atoms with van der Waals surface area (Å²) < 4.78 is 0. The average molecular weight is 312 g/mol. The van der Waals surface area contributed by atoms with Crippen molar-refractivity contribution in [2.24, 2.45) is 5.92 Å². The van der Waals surface area contributed by atoms with E-state index in [1.54, 1.807) is 0 Å². The summed E-state index contributed by atoms with van der Waals surface area (Å²) in [5.41, 5.74) is 5.81. The molecule has 1 aromatic carbocycles. The van der Waals surface area contributed by atoms with Gasteiger partial charge >= 0.3 is 0 Å². The summed E-state index contributed by atoms with van der Waals surface area (Å²) in [6.07, 6.45) is 4.45. The van der Waals surface area contributed by atoms with Crippen LogP contribution < -0.4 is 0 Å². The number of hydrogen-bond donors (Lipinski definition) is 2. The maximum atomic E-state index is 9.70. The molecular formula is C20H28N2O. The molecule has 23 heavy (non-hydrogen) atoms. The lowest BCUT2D eigenvalue weighted by Gasteiger charge is -2.45. The lowest BCUT2D eigenvalue weighted by Crippen LogP contribution is -2.48. The second-order valence-electron chi connectivity index (χ2n) is 8.65. The summed E-state index contributed by atoms with van der Waals surface area (Å²) in [6, 6.07) is 5.35. The largest absolute Gasteiger partial charge is 0.396 e. The topological polar surface area (TPSA) is 39.3 Å². The highest BCUT2D eigenvalue weighted by atomic mass is 16.3. The fourth-order valence-electron chi connectivity index (χ4n) is 4.69. The van der Waals surface area contributed by atoms with E-state index in [9.17, 15) is 5.11 Å². The maximum absolute atomic E-state index is 9.70. The van der Waals surface area contributed by atoms with E-state index < -0.39 is 0 Å². The molecule has 2 N–H and O–H groups in total. The highest BCUT2D eigenvalue weighted by Crippen LogP contribution is 2.45. The molecule has 0 radical (unpaired) electrons. The van der Waals surface area contributed by atoms with Crippen LogP contribution in [0.4, 0.5) is 0 Å². The molecule has 124 valence electrons. The monoisotopic (exact) mass is 312 g/mol. The van der Waals surface area contributed by atoms with Crippen LogP contribution in [0, 0.1) is 5.92 Å². The Balaban J connectivity index is 1.89. The van der Waals surface area contributed by atoms with E-state index in [0.717, 1.165) is 19.4 Å². The van der Waals surface area contributed by atoms with Crippen molar-refractivity contribution in [3.05, 3.63) is 35.0 Å². The van der Waals surface area contributed by atoms with Gasteiger partial charge in [0.1, 0.15) is 0 Å². The van der Waals surface area contributed by atoms with Gasteiger partial charge in [0.15, 0.2) is 0 Å². The van der Waals surface area contributed by atoms with E-state index in [1.165, 1.54) is 27.6 Å². The Hall–Kier alpha value is -1.32. The summed E-state index contributed by atoms with van der Waals surface area (Å²) in [6.45, 7) is 8.17.